The van der Waals surface area contributed by atoms with E-state index in [4.69, 9.17) is 18.9 Å². The van der Waals surface area contributed by atoms with E-state index in [1.807, 2.05) is 36.6 Å². The predicted octanol–water partition coefficient (Wildman–Crippen LogP) is 3.76. The van der Waals surface area contributed by atoms with Gasteiger partial charge in [0.1, 0.15) is 17.3 Å². The van der Waals surface area contributed by atoms with E-state index < -0.39 is 0 Å². The van der Waals surface area contributed by atoms with Gasteiger partial charge in [-0.15, -0.1) is 0 Å². The van der Waals surface area contributed by atoms with E-state index in [-0.39, 0.29) is 5.56 Å². The van der Waals surface area contributed by atoms with Gasteiger partial charge in [-0.05, 0) is 44.4 Å². The van der Waals surface area contributed by atoms with E-state index in [0.29, 0.717) is 23.5 Å². The zero-order chi connectivity index (χ0) is 22.4. The van der Waals surface area contributed by atoms with Crippen LogP contribution in [0.4, 0.5) is 0 Å². The van der Waals surface area contributed by atoms with Crippen molar-refractivity contribution in [3.8, 4) is 23.0 Å². The molecule has 2 aromatic heterocycles. The molecule has 2 bridgehead atoms. The molecule has 0 radical (unpaired) electrons. The number of fused-ring (bicyclic) bond motifs is 4. The molecule has 0 unspecified atom stereocenters. The number of aryl methyl sites for hydroxylation is 1. The molecule has 7 nitrogen and oxygen atoms in total. The van der Waals surface area contributed by atoms with Gasteiger partial charge in [-0.1, -0.05) is 6.07 Å². The summed E-state index contributed by atoms with van der Waals surface area (Å²) in [6, 6.07) is 9.49. The van der Waals surface area contributed by atoms with E-state index >= 15 is 0 Å². The van der Waals surface area contributed by atoms with Gasteiger partial charge in [-0.25, -0.2) is 4.98 Å². The second-order valence-corrected chi connectivity index (χ2v) is 8.89. The van der Waals surface area contributed by atoms with Gasteiger partial charge in [0.25, 0.3) is 5.56 Å². The Hall–Kier alpha value is -3.06. The van der Waals surface area contributed by atoms with Crippen LogP contribution in [0.5, 0.6) is 11.5 Å². The molecular formula is C25H29N3O4. The van der Waals surface area contributed by atoms with Crippen LogP contribution in [0.2, 0.25) is 0 Å². The minimum absolute atomic E-state index is 0.117. The summed E-state index contributed by atoms with van der Waals surface area (Å²) in [5, 5.41) is 0. The van der Waals surface area contributed by atoms with Crippen molar-refractivity contribution in [3.63, 3.8) is 0 Å². The summed E-state index contributed by atoms with van der Waals surface area (Å²) in [5.41, 5.74) is 3.97. The van der Waals surface area contributed by atoms with Crippen molar-refractivity contribution in [2.45, 2.75) is 39.3 Å². The molecule has 3 aromatic rings. The van der Waals surface area contributed by atoms with Gasteiger partial charge in [0.05, 0.1) is 25.5 Å². The molecule has 0 N–H and O–H groups in total. The third-order valence-electron chi connectivity index (χ3n) is 6.83. The van der Waals surface area contributed by atoms with Crippen molar-refractivity contribution in [3.05, 3.63) is 63.4 Å². The molecule has 1 saturated heterocycles. The lowest BCUT2D eigenvalue weighted by Gasteiger charge is -2.42. The molecule has 0 saturated carbocycles. The van der Waals surface area contributed by atoms with Crippen LogP contribution in [0.1, 0.15) is 35.1 Å². The Balaban J connectivity index is 1.40. The van der Waals surface area contributed by atoms with Crippen molar-refractivity contribution < 1.29 is 13.9 Å². The maximum atomic E-state index is 12.3. The normalized spacial score (nSPS) is 20.1. The summed E-state index contributed by atoms with van der Waals surface area (Å²) in [5.74, 6) is 3.74. The maximum Gasteiger partial charge on any atom is 0.250 e. The fourth-order valence-electron chi connectivity index (χ4n) is 5.35. The first-order chi connectivity index (χ1) is 15.5. The van der Waals surface area contributed by atoms with Gasteiger partial charge < -0.3 is 18.5 Å². The number of likely N-dealkylation sites (tertiary alicyclic amines) is 1. The number of hydrogen-bond acceptors (Lipinski definition) is 6. The average Bonchev–Trinajstić information content (AvgIpc) is 3.14. The molecular weight excluding hydrogens is 406 g/mol. The fraction of sp³-hybridized carbons (Fsp3) is 0.440. The first-order valence-electron chi connectivity index (χ1n) is 11.1. The Morgan fingerprint density at radius 2 is 1.94 bits per heavy atom. The SMILES string of the molecule is COc1ccc(-c2nc(CN3C[C@@H]4C[C@@H](C3)c3cccc(=O)n3C4)c(C)o2)c(OC)c1C. The predicted molar refractivity (Wildman–Crippen MR) is 121 cm³/mol. The standard InChI is InChI=1S/C25H29N3O4/c1-15-22(30-3)9-8-19(24(15)31-4)25-26-20(16(2)32-25)14-27-11-17-10-18(13-27)21-6-5-7-23(29)28(21)12-17/h5-9,17-18H,10-14H2,1-4H3/t17-,18-/m0/s1. The summed E-state index contributed by atoms with van der Waals surface area (Å²) in [6.45, 7) is 7.35. The van der Waals surface area contributed by atoms with Crippen molar-refractivity contribution in [2.24, 2.45) is 5.92 Å². The van der Waals surface area contributed by atoms with E-state index in [9.17, 15) is 4.79 Å². The molecule has 2 aliphatic heterocycles. The highest BCUT2D eigenvalue weighted by Gasteiger charge is 2.35. The van der Waals surface area contributed by atoms with Crippen LogP contribution in [-0.2, 0) is 13.1 Å². The molecule has 7 heteroatoms. The number of oxazole rings is 1. The highest BCUT2D eigenvalue weighted by molar-refractivity contribution is 5.68. The number of methoxy groups -OCH3 is 2. The fourth-order valence-corrected chi connectivity index (χ4v) is 5.35. The number of pyridine rings is 1. The molecule has 1 aromatic carbocycles. The molecule has 32 heavy (non-hydrogen) atoms. The molecule has 0 amide bonds. The maximum absolute atomic E-state index is 12.3. The first-order valence-corrected chi connectivity index (χ1v) is 11.1. The summed E-state index contributed by atoms with van der Waals surface area (Å²) in [6.07, 6.45) is 1.14. The van der Waals surface area contributed by atoms with E-state index in [2.05, 4.69) is 11.0 Å². The molecule has 2 atom stereocenters. The highest BCUT2D eigenvalue weighted by Crippen LogP contribution is 2.39. The summed E-state index contributed by atoms with van der Waals surface area (Å²) < 4.78 is 19.1. The van der Waals surface area contributed by atoms with Crippen molar-refractivity contribution in [1.29, 1.82) is 0 Å². The minimum Gasteiger partial charge on any atom is -0.496 e. The van der Waals surface area contributed by atoms with Crippen molar-refractivity contribution in [1.82, 2.24) is 14.5 Å². The van der Waals surface area contributed by atoms with Crippen LogP contribution < -0.4 is 15.0 Å². The summed E-state index contributed by atoms with van der Waals surface area (Å²) >= 11 is 0. The van der Waals surface area contributed by atoms with Gasteiger partial charge >= 0.3 is 0 Å². The average molecular weight is 436 g/mol. The molecule has 0 spiro atoms. The second-order valence-electron chi connectivity index (χ2n) is 8.89. The van der Waals surface area contributed by atoms with E-state index in [0.717, 1.165) is 66.6 Å². The Morgan fingerprint density at radius 3 is 2.72 bits per heavy atom. The van der Waals surface area contributed by atoms with Crippen LogP contribution in [0.3, 0.4) is 0 Å². The van der Waals surface area contributed by atoms with Gasteiger partial charge in [-0.2, -0.15) is 0 Å². The molecule has 0 aliphatic carbocycles. The lowest BCUT2D eigenvalue weighted by molar-refractivity contribution is 0.113. The molecule has 4 heterocycles. The Bertz CT molecular complexity index is 1210. The third kappa shape index (κ3) is 3.50. The third-order valence-corrected chi connectivity index (χ3v) is 6.83. The van der Waals surface area contributed by atoms with Crippen molar-refractivity contribution in [2.75, 3.05) is 27.3 Å². The minimum atomic E-state index is 0.117. The van der Waals surface area contributed by atoms with Gasteiger partial charge in [-0.3, -0.25) is 9.69 Å². The number of piperidine rings is 1. The van der Waals surface area contributed by atoms with Crippen LogP contribution >= 0.6 is 0 Å². The smallest absolute Gasteiger partial charge is 0.250 e. The first kappa shape index (κ1) is 20.8. The van der Waals surface area contributed by atoms with Crippen LogP contribution in [0.15, 0.2) is 39.5 Å². The molecule has 1 fully saturated rings. The number of ether oxygens (including phenoxy) is 2. The highest BCUT2D eigenvalue weighted by atomic mass is 16.5. The van der Waals surface area contributed by atoms with Gasteiger partial charge in [0.2, 0.25) is 5.89 Å². The molecule has 5 rings (SSSR count). The van der Waals surface area contributed by atoms with Crippen molar-refractivity contribution >= 4 is 0 Å². The molecule has 168 valence electrons. The van der Waals surface area contributed by atoms with Crippen LogP contribution in [0.25, 0.3) is 11.5 Å². The Labute approximate surface area is 187 Å². The quantitative estimate of drug-likeness (QED) is 0.608. The number of nitrogens with zero attached hydrogens (tertiary/aromatic N) is 3. The second kappa shape index (κ2) is 8.13. The number of aromatic nitrogens is 2. The lowest BCUT2D eigenvalue weighted by atomic mass is 9.83. The number of rotatable bonds is 5. The Morgan fingerprint density at radius 1 is 1.09 bits per heavy atom. The largest absolute Gasteiger partial charge is 0.496 e. The van der Waals surface area contributed by atoms with Crippen LogP contribution in [-0.4, -0.2) is 41.8 Å². The topological polar surface area (TPSA) is 69.7 Å². The van der Waals surface area contributed by atoms with E-state index in [1.54, 1.807) is 20.3 Å². The zero-order valence-electron chi connectivity index (χ0n) is 19.1. The van der Waals surface area contributed by atoms with Crippen LogP contribution in [0, 0.1) is 19.8 Å². The Kier molecular flexibility index (Phi) is 5.29. The monoisotopic (exact) mass is 435 g/mol. The number of hydrogen-bond donors (Lipinski definition) is 0. The summed E-state index contributed by atoms with van der Waals surface area (Å²) in [4.78, 5) is 19.6. The van der Waals surface area contributed by atoms with E-state index in [1.165, 1.54) is 0 Å². The lowest BCUT2D eigenvalue weighted by Crippen LogP contribution is -2.46. The van der Waals surface area contributed by atoms with Gasteiger partial charge in [0, 0.05) is 49.4 Å². The zero-order valence-corrected chi connectivity index (χ0v) is 19.1. The number of benzene rings is 1. The molecule has 2 aliphatic rings. The van der Waals surface area contributed by atoms with Gasteiger partial charge in [0.15, 0.2) is 0 Å². The summed E-state index contributed by atoms with van der Waals surface area (Å²) in [7, 11) is 3.30.